The molecule has 0 spiro atoms. The van der Waals surface area contributed by atoms with Gasteiger partial charge in [0.2, 0.25) is 0 Å². The van der Waals surface area contributed by atoms with Gasteiger partial charge in [0.1, 0.15) is 0 Å². The molecule has 2 rings (SSSR count). The lowest BCUT2D eigenvalue weighted by molar-refractivity contribution is -0.385. The summed E-state index contributed by atoms with van der Waals surface area (Å²) < 4.78 is 0.847. The van der Waals surface area contributed by atoms with Gasteiger partial charge in [0, 0.05) is 35.7 Å². The van der Waals surface area contributed by atoms with Crippen LogP contribution in [0.2, 0.25) is 0 Å². The maximum Gasteiger partial charge on any atom is 0.273 e. The molecule has 1 fully saturated rings. The quantitative estimate of drug-likeness (QED) is 0.686. The zero-order valence-electron chi connectivity index (χ0n) is 9.88. The van der Waals surface area contributed by atoms with Crippen LogP contribution in [-0.4, -0.2) is 34.1 Å². The van der Waals surface area contributed by atoms with Crippen molar-refractivity contribution in [3.8, 4) is 0 Å². The van der Waals surface area contributed by atoms with Crippen LogP contribution in [0.15, 0.2) is 22.7 Å². The van der Waals surface area contributed by atoms with E-state index in [2.05, 4.69) is 20.8 Å². The molecule has 0 aliphatic carbocycles. The summed E-state index contributed by atoms with van der Waals surface area (Å²) in [7, 11) is 0. The summed E-state index contributed by atoms with van der Waals surface area (Å²) >= 11 is 3.34. The van der Waals surface area contributed by atoms with Gasteiger partial charge in [-0.3, -0.25) is 15.0 Å². The number of nitro benzene ring substituents is 1. The van der Waals surface area contributed by atoms with Crippen molar-refractivity contribution in [2.24, 2.45) is 0 Å². The molecule has 0 bridgehead atoms. The molecule has 0 unspecified atom stereocenters. The summed E-state index contributed by atoms with van der Waals surface area (Å²) in [6, 6.07) is 5.00. The van der Waals surface area contributed by atoms with E-state index in [1.54, 1.807) is 12.1 Å². The van der Waals surface area contributed by atoms with Crippen LogP contribution in [0.3, 0.4) is 0 Å². The van der Waals surface area contributed by atoms with E-state index in [0.29, 0.717) is 12.1 Å². The molecular formula is C12H15BrN2O3. The lowest BCUT2D eigenvalue weighted by atomic mass is 10.1. The van der Waals surface area contributed by atoms with Crippen molar-refractivity contribution in [2.75, 3.05) is 13.1 Å². The second-order valence-corrected chi connectivity index (χ2v) is 5.45. The number of hydrogen-bond donors (Lipinski definition) is 1. The van der Waals surface area contributed by atoms with Gasteiger partial charge >= 0.3 is 0 Å². The van der Waals surface area contributed by atoms with Crippen LogP contribution in [0.25, 0.3) is 0 Å². The molecule has 1 aromatic carbocycles. The van der Waals surface area contributed by atoms with Crippen molar-refractivity contribution in [2.45, 2.75) is 25.5 Å². The van der Waals surface area contributed by atoms with Crippen LogP contribution < -0.4 is 0 Å². The van der Waals surface area contributed by atoms with Crippen molar-refractivity contribution in [3.05, 3.63) is 38.3 Å². The van der Waals surface area contributed by atoms with Crippen molar-refractivity contribution in [1.29, 1.82) is 0 Å². The Kier molecular flexibility index (Phi) is 4.31. The standard InChI is InChI=1S/C12H15BrN2O3/c13-10-1-2-12(15(17)18)9(7-10)8-14-5-3-11(16)4-6-14/h1-2,7,11,16H,3-6,8H2. The molecule has 6 heteroatoms. The lowest BCUT2D eigenvalue weighted by Crippen LogP contribution is -2.35. The van der Waals surface area contributed by atoms with E-state index in [1.807, 2.05) is 0 Å². The number of nitro groups is 1. The monoisotopic (exact) mass is 314 g/mol. The molecule has 0 aromatic heterocycles. The predicted molar refractivity (Wildman–Crippen MR) is 71.3 cm³/mol. The SMILES string of the molecule is O=[N+]([O-])c1ccc(Br)cc1CN1CCC(O)CC1. The highest BCUT2D eigenvalue weighted by Gasteiger charge is 2.21. The molecule has 1 aliphatic rings. The predicted octanol–water partition coefficient (Wildman–Crippen LogP) is 2.31. The Morgan fingerprint density at radius 1 is 1.44 bits per heavy atom. The minimum Gasteiger partial charge on any atom is -0.393 e. The summed E-state index contributed by atoms with van der Waals surface area (Å²) in [6.07, 6.45) is 1.25. The summed E-state index contributed by atoms with van der Waals surface area (Å²) in [5.74, 6) is 0. The van der Waals surface area contributed by atoms with Crippen LogP contribution in [0.5, 0.6) is 0 Å². The van der Waals surface area contributed by atoms with Crippen molar-refractivity contribution in [1.82, 2.24) is 4.90 Å². The second kappa shape index (κ2) is 5.77. The normalized spacial score (nSPS) is 17.9. The van der Waals surface area contributed by atoms with Gasteiger partial charge in [-0.15, -0.1) is 0 Å². The Labute approximate surface area is 114 Å². The number of likely N-dealkylation sites (tertiary alicyclic amines) is 1. The molecule has 1 saturated heterocycles. The molecule has 0 atom stereocenters. The van der Waals surface area contributed by atoms with Gasteiger partial charge < -0.3 is 5.11 Å². The van der Waals surface area contributed by atoms with Crippen LogP contribution in [-0.2, 0) is 6.54 Å². The molecule has 0 amide bonds. The van der Waals surface area contributed by atoms with Gasteiger partial charge in [-0.25, -0.2) is 0 Å². The highest BCUT2D eigenvalue weighted by molar-refractivity contribution is 9.10. The number of aliphatic hydroxyl groups excluding tert-OH is 1. The molecule has 0 radical (unpaired) electrons. The Morgan fingerprint density at radius 3 is 2.72 bits per heavy atom. The van der Waals surface area contributed by atoms with Crippen molar-refractivity contribution < 1.29 is 10.0 Å². The Bertz CT molecular complexity index is 445. The van der Waals surface area contributed by atoms with Gasteiger partial charge in [0.25, 0.3) is 5.69 Å². The molecule has 1 aliphatic heterocycles. The number of aliphatic hydroxyl groups is 1. The first-order valence-corrected chi connectivity index (χ1v) is 6.69. The third-order valence-electron chi connectivity index (χ3n) is 3.19. The topological polar surface area (TPSA) is 66.6 Å². The van der Waals surface area contributed by atoms with Crippen LogP contribution in [0, 0.1) is 10.1 Å². The van der Waals surface area contributed by atoms with E-state index in [0.717, 1.165) is 30.4 Å². The Balaban J connectivity index is 2.12. The fraction of sp³-hybridized carbons (Fsp3) is 0.500. The molecule has 1 N–H and O–H groups in total. The molecule has 5 nitrogen and oxygen atoms in total. The summed E-state index contributed by atoms with van der Waals surface area (Å²) in [5.41, 5.74) is 0.870. The first-order chi connectivity index (χ1) is 8.56. The summed E-state index contributed by atoms with van der Waals surface area (Å²) in [5, 5.41) is 20.4. The fourth-order valence-electron chi connectivity index (χ4n) is 2.18. The zero-order valence-corrected chi connectivity index (χ0v) is 11.5. The summed E-state index contributed by atoms with van der Waals surface area (Å²) in [6.45, 7) is 2.12. The van der Waals surface area contributed by atoms with Gasteiger partial charge in [-0.05, 0) is 25.0 Å². The van der Waals surface area contributed by atoms with Gasteiger partial charge in [0.15, 0.2) is 0 Å². The number of benzene rings is 1. The Hall–Kier alpha value is -0.980. The first-order valence-electron chi connectivity index (χ1n) is 5.89. The number of piperidine rings is 1. The average Bonchev–Trinajstić information content (AvgIpc) is 2.32. The van der Waals surface area contributed by atoms with Crippen molar-refractivity contribution in [3.63, 3.8) is 0 Å². The number of nitrogens with zero attached hydrogens (tertiary/aromatic N) is 2. The second-order valence-electron chi connectivity index (χ2n) is 4.54. The lowest BCUT2D eigenvalue weighted by Gasteiger charge is -2.29. The molecular weight excluding hydrogens is 300 g/mol. The molecule has 18 heavy (non-hydrogen) atoms. The van der Waals surface area contributed by atoms with E-state index in [-0.39, 0.29) is 16.7 Å². The highest BCUT2D eigenvalue weighted by Crippen LogP contribution is 2.25. The van der Waals surface area contributed by atoms with Crippen LogP contribution in [0.4, 0.5) is 5.69 Å². The van der Waals surface area contributed by atoms with E-state index in [1.165, 1.54) is 6.07 Å². The number of halogens is 1. The fourth-order valence-corrected chi connectivity index (χ4v) is 2.59. The summed E-state index contributed by atoms with van der Waals surface area (Å²) in [4.78, 5) is 12.8. The zero-order chi connectivity index (χ0) is 13.1. The number of rotatable bonds is 3. The Morgan fingerprint density at radius 2 is 2.11 bits per heavy atom. The van der Waals surface area contributed by atoms with Crippen molar-refractivity contribution >= 4 is 21.6 Å². The smallest absolute Gasteiger partial charge is 0.273 e. The van der Waals surface area contributed by atoms with E-state index in [4.69, 9.17) is 0 Å². The van der Waals surface area contributed by atoms with Crippen LogP contribution >= 0.6 is 15.9 Å². The third-order valence-corrected chi connectivity index (χ3v) is 3.68. The number of hydrogen-bond acceptors (Lipinski definition) is 4. The first kappa shape index (κ1) is 13.5. The highest BCUT2D eigenvalue weighted by atomic mass is 79.9. The molecule has 0 saturated carbocycles. The average molecular weight is 315 g/mol. The van der Waals surface area contributed by atoms with Crippen LogP contribution in [0.1, 0.15) is 18.4 Å². The maximum absolute atomic E-state index is 11.0. The minimum absolute atomic E-state index is 0.157. The molecule has 98 valence electrons. The van der Waals surface area contributed by atoms with Gasteiger partial charge in [-0.2, -0.15) is 0 Å². The van der Waals surface area contributed by atoms with E-state index in [9.17, 15) is 15.2 Å². The third kappa shape index (κ3) is 3.28. The largest absolute Gasteiger partial charge is 0.393 e. The maximum atomic E-state index is 11.0. The van der Waals surface area contributed by atoms with Gasteiger partial charge in [0.05, 0.1) is 11.0 Å². The molecule has 1 heterocycles. The minimum atomic E-state index is -0.347. The van der Waals surface area contributed by atoms with E-state index < -0.39 is 0 Å². The molecule has 1 aromatic rings. The van der Waals surface area contributed by atoms with E-state index >= 15 is 0 Å². The van der Waals surface area contributed by atoms with Gasteiger partial charge in [-0.1, -0.05) is 15.9 Å².